The molecule has 110 valence electrons. The maximum Gasteiger partial charge on any atom is 0.235 e. The summed E-state index contributed by atoms with van der Waals surface area (Å²) in [6.07, 6.45) is 1.20. The molecule has 1 amide bonds. The number of carbonyl (C=O) groups is 1. The number of carbonyl (C=O) groups excluding carboxylic acids is 1. The highest BCUT2D eigenvalue weighted by molar-refractivity contribution is 6.31. The molecule has 1 unspecified atom stereocenters. The van der Waals surface area contributed by atoms with Crippen molar-refractivity contribution in [3.05, 3.63) is 23.2 Å². The number of nitrogens with zero attached hydrogens (tertiary/aromatic N) is 1. The predicted octanol–water partition coefficient (Wildman–Crippen LogP) is 2.45. The Bertz CT molecular complexity index is 506. The molecule has 0 aromatic heterocycles. The molecule has 4 N–H and O–H groups in total. The van der Waals surface area contributed by atoms with E-state index in [1.54, 1.807) is 18.2 Å². The fraction of sp³-hybridized carbons (Fsp3) is 0.385. The van der Waals surface area contributed by atoms with Crippen molar-refractivity contribution in [3.63, 3.8) is 0 Å². The van der Waals surface area contributed by atoms with E-state index >= 15 is 0 Å². The van der Waals surface area contributed by atoms with Crippen molar-refractivity contribution in [2.45, 2.75) is 19.8 Å². The van der Waals surface area contributed by atoms with Gasteiger partial charge in [0.05, 0.1) is 18.7 Å². The maximum absolute atomic E-state index is 12.2. The summed E-state index contributed by atoms with van der Waals surface area (Å²) in [5.41, 5.74) is 5.98. The summed E-state index contributed by atoms with van der Waals surface area (Å²) >= 11 is 5.89. The van der Waals surface area contributed by atoms with Crippen LogP contribution in [0.4, 0.5) is 5.69 Å². The van der Waals surface area contributed by atoms with Gasteiger partial charge in [-0.05, 0) is 24.6 Å². The topological polar surface area (TPSA) is 96.9 Å². The molecule has 0 fully saturated rings. The molecule has 6 nitrogen and oxygen atoms in total. The van der Waals surface area contributed by atoms with Crippen LogP contribution in [0.2, 0.25) is 5.02 Å². The van der Waals surface area contributed by atoms with Crippen LogP contribution in [0.3, 0.4) is 0 Å². The normalized spacial score (nSPS) is 12.8. The number of hydrogen-bond acceptors (Lipinski definition) is 4. The first-order chi connectivity index (χ1) is 9.53. The first-order valence-electron chi connectivity index (χ1n) is 6.15. The zero-order valence-electron chi connectivity index (χ0n) is 11.4. The number of hydrogen-bond donors (Lipinski definition) is 3. The van der Waals surface area contributed by atoms with Crippen LogP contribution in [0, 0.1) is 5.92 Å². The SMILES string of the molecule is CCCC(C(=O)Nc1cc(Cl)ccc1OC)C(N)=NO. The van der Waals surface area contributed by atoms with Gasteiger partial charge in [-0.1, -0.05) is 30.1 Å². The van der Waals surface area contributed by atoms with Crippen LogP contribution in [0.15, 0.2) is 23.4 Å². The number of anilines is 1. The average molecular weight is 300 g/mol. The Balaban J connectivity index is 2.96. The Kier molecular flexibility index (Phi) is 6.11. The van der Waals surface area contributed by atoms with Crippen molar-refractivity contribution in [2.75, 3.05) is 12.4 Å². The zero-order valence-corrected chi connectivity index (χ0v) is 12.1. The number of methoxy groups -OCH3 is 1. The summed E-state index contributed by atoms with van der Waals surface area (Å²) < 4.78 is 5.14. The highest BCUT2D eigenvalue weighted by Gasteiger charge is 2.23. The first kappa shape index (κ1) is 16.1. The molecule has 0 spiro atoms. The Labute approximate surface area is 122 Å². The molecule has 1 aromatic carbocycles. The largest absolute Gasteiger partial charge is 0.495 e. The summed E-state index contributed by atoms with van der Waals surface area (Å²) in [7, 11) is 1.49. The van der Waals surface area contributed by atoms with E-state index in [4.69, 9.17) is 27.3 Å². The van der Waals surface area contributed by atoms with E-state index in [-0.39, 0.29) is 11.7 Å². The minimum Gasteiger partial charge on any atom is -0.495 e. The summed E-state index contributed by atoms with van der Waals surface area (Å²) in [6, 6.07) is 4.88. The molecule has 0 heterocycles. The lowest BCUT2D eigenvalue weighted by Crippen LogP contribution is -2.34. The molecule has 1 atom stereocenters. The molecular formula is C13H18ClN3O3. The Morgan fingerprint density at radius 2 is 2.30 bits per heavy atom. The number of amidine groups is 1. The monoisotopic (exact) mass is 299 g/mol. The third-order valence-corrected chi connectivity index (χ3v) is 3.02. The number of rotatable bonds is 6. The van der Waals surface area contributed by atoms with E-state index in [0.29, 0.717) is 22.9 Å². The number of nitrogens with two attached hydrogens (primary N) is 1. The van der Waals surface area contributed by atoms with Gasteiger partial charge in [0.2, 0.25) is 5.91 Å². The van der Waals surface area contributed by atoms with Crippen LogP contribution >= 0.6 is 11.6 Å². The van der Waals surface area contributed by atoms with Crippen molar-refractivity contribution < 1.29 is 14.7 Å². The number of benzene rings is 1. The van der Waals surface area contributed by atoms with Crippen LogP contribution < -0.4 is 15.8 Å². The quantitative estimate of drug-likeness (QED) is 0.325. The van der Waals surface area contributed by atoms with Gasteiger partial charge < -0.3 is 21.0 Å². The first-order valence-corrected chi connectivity index (χ1v) is 6.53. The van der Waals surface area contributed by atoms with E-state index < -0.39 is 5.92 Å². The van der Waals surface area contributed by atoms with Gasteiger partial charge >= 0.3 is 0 Å². The summed E-state index contributed by atoms with van der Waals surface area (Å²) in [6.45, 7) is 1.91. The smallest absolute Gasteiger partial charge is 0.235 e. The summed E-state index contributed by atoms with van der Waals surface area (Å²) in [5, 5.41) is 14.8. The minimum absolute atomic E-state index is 0.120. The standard InChI is InChI=1S/C13H18ClN3O3/c1-3-4-9(12(15)17-19)13(18)16-10-7-8(14)5-6-11(10)20-2/h5-7,9,19H,3-4H2,1-2H3,(H2,15,17)(H,16,18). The second-order valence-electron chi connectivity index (χ2n) is 4.20. The van der Waals surface area contributed by atoms with Gasteiger partial charge in [-0.25, -0.2) is 0 Å². The molecule has 0 bridgehead atoms. The van der Waals surface area contributed by atoms with Crippen LogP contribution in [-0.4, -0.2) is 24.1 Å². The highest BCUT2D eigenvalue weighted by Crippen LogP contribution is 2.28. The fourth-order valence-corrected chi connectivity index (χ4v) is 1.94. The summed E-state index contributed by atoms with van der Waals surface area (Å²) in [5.74, 6) is -0.709. The number of amides is 1. The molecule has 0 aliphatic rings. The Morgan fingerprint density at radius 1 is 1.60 bits per heavy atom. The number of nitrogens with one attached hydrogen (secondary N) is 1. The van der Waals surface area contributed by atoms with Gasteiger partial charge in [0, 0.05) is 5.02 Å². The zero-order chi connectivity index (χ0) is 15.1. The molecule has 0 saturated heterocycles. The van der Waals surface area contributed by atoms with Crippen LogP contribution in [0.25, 0.3) is 0 Å². The van der Waals surface area contributed by atoms with Gasteiger partial charge in [0.1, 0.15) is 5.75 Å². The van der Waals surface area contributed by atoms with Crippen LogP contribution in [-0.2, 0) is 4.79 Å². The van der Waals surface area contributed by atoms with Crippen molar-refractivity contribution in [2.24, 2.45) is 16.8 Å². The van der Waals surface area contributed by atoms with Gasteiger partial charge in [0.25, 0.3) is 0 Å². The maximum atomic E-state index is 12.2. The highest BCUT2D eigenvalue weighted by atomic mass is 35.5. The van der Waals surface area contributed by atoms with Crippen LogP contribution in [0.5, 0.6) is 5.75 Å². The molecule has 20 heavy (non-hydrogen) atoms. The average Bonchev–Trinajstić information content (AvgIpc) is 2.44. The van der Waals surface area contributed by atoms with E-state index in [9.17, 15) is 4.79 Å². The number of oxime groups is 1. The minimum atomic E-state index is -0.700. The molecule has 0 radical (unpaired) electrons. The molecule has 0 saturated carbocycles. The van der Waals surface area contributed by atoms with E-state index in [1.807, 2.05) is 6.92 Å². The lowest BCUT2D eigenvalue weighted by Gasteiger charge is -2.16. The van der Waals surface area contributed by atoms with Gasteiger partial charge in [-0.2, -0.15) is 0 Å². The molecule has 7 heteroatoms. The molecule has 1 rings (SSSR count). The Hall–Kier alpha value is -1.95. The predicted molar refractivity (Wildman–Crippen MR) is 78.4 cm³/mol. The third-order valence-electron chi connectivity index (χ3n) is 2.79. The van der Waals surface area contributed by atoms with Crippen LogP contribution in [0.1, 0.15) is 19.8 Å². The number of ether oxygens (including phenoxy) is 1. The fourth-order valence-electron chi connectivity index (χ4n) is 1.77. The lowest BCUT2D eigenvalue weighted by molar-refractivity contribution is -0.118. The second kappa shape index (κ2) is 7.59. The number of halogens is 1. The lowest BCUT2D eigenvalue weighted by atomic mass is 10.0. The van der Waals surface area contributed by atoms with Crippen molar-refractivity contribution >= 4 is 29.0 Å². The molecule has 0 aliphatic heterocycles. The third kappa shape index (κ3) is 4.03. The van der Waals surface area contributed by atoms with Crippen molar-refractivity contribution in [1.29, 1.82) is 0 Å². The van der Waals surface area contributed by atoms with Crippen molar-refractivity contribution in [3.8, 4) is 5.75 Å². The van der Waals surface area contributed by atoms with Gasteiger partial charge in [-0.15, -0.1) is 0 Å². The molecular weight excluding hydrogens is 282 g/mol. The summed E-state index contributed by atoms with van der Waals surface area (Å²) in [4.78, 5) is 12.2. The second-order valence-corrected chi connectivity index (χ2v) is 4.64. The van der Waals surface area contributed by atoms with Gasteiger partial charge in [0.15, 0.2) is 5.84 Å². The molecule has 0 aliphatic carbocycles. The van der Waals surface area contributed by atoms with E-state index in [0.717, 1.165) is 6.42 Å². The van der Waals surface area contributed by atoms with E-state index in [2.05, 4.69) is 10.5 Å². The van der Waals surface area contributed by atoms with Gasteiger partial charge in [-0.3, -0.25) is 4.79 Å². The molecule has 1 aromatic rings. The Morgan fingerprint density at radius 3 is 2.85 bits per heavy atom. The van der Waals surface area contributed by atoms with Crippen molar-refractivity contribution in [1.82, 2.24) is 0 Å². The van der Waals surface area contributed by atoms with E-state index in [1.165, 1.54) is 7.11 Å².